The van der Waals surface area contributed by atoms with Gasteiger partial charge in [0.15, 0.2) is 0 Å². The number of aliphatic hydroxyl groups is 1. The minimum atomic E-state index is -1.72. The molecule has 0 spiro atoms. The Hall–Kier alpha value is -8.20. The molecule has 11 amide bonds. The number of primary amides is 2. The monoisotopic (exact) mass is 1050 g/mol. The quantitative estimate of drug-likeness (QED) is 0.0319. The molecule has 0 aliphatic heterocycles. The van der Waals surface area contributed by atoms with Crippen molar-refractivity contribution in [1.29, 1.82) is 0 Å². The van der Waals surface area contributed by atoms with E-state index in [1.165, 1.54) is 12.1 Å². The van der Waals surface area contributed by atoms with Gasteiger partial charge in [0.1, 0.15) is 42.0 Å². The summed E-state index contributed by atoms with van der Waals surface area (Å²) in [5, 5.41) is 50.1. The molecule has 2 aromatic carbocycles. The molecule has 27 nitrogen and oxygen atoms in total. The second-order valence-corrected chi connectivity index (χ2v) is 18.0. The van der Waals surface area contributed by atoms with Gasteiger partial charge in [0.25, 0.3) is 0 Å². The smallest absolute Gasteiger partial charge is 0.326 e. The molecule has 0 heterocycles. The Bertz CT molecular complexity index is 2320. The summed E-state index contributed by atoms with van der Waals surface area (Å²) in [6.07, 6.45) is -1.31. The first-order valence-electron chi connectivity index (χ1n) is 23.9. The van der Waals surface area contributed by atoms with Crippen LogP contribution in [0.4, 0.5) is 0 Å². The summed E-state index contributed by atoms with van der Waals surface area (Å²) in [5.41, 5.74) is 17.8. The fraction of sp³-hybridized carbons (Fsp3) is 0.500. The van der Waals surface area contributed by atoms with Gasteiger partial charge < -0.3 is 80.4 Å². The van der Waals surface area contributed by atoms with E-state index in [0.717, 1.165) is 0 Å². The van der Waals surface area contributed by atoms with E-state index in [4.69, 9.17) is 17.2 Å². The summed E-state index contributed by atoms with van der Waals surface area (Å²) in [6.45, 7) is 3.63. The van der Waals surface area contributed by atoms with Crippen molar-refractivity contribution in [3.8, 4) is 5.75 Å². The Morgan fingerprint density at radius 2 is 1.07 bits per heavy atom. The molecule has 0 unspecified atom stereocenters. The SMILES string of the molecule is CC[C@H](C)[C@H](NC(=O)[C@H](CC(C)C)NC(=O)[C@H](CC(N)=O)NC(=O)CNC(=O)[C@H](CCC(N)=O)NC(=O)[C@H](CO)NC(=O)CNC(=O)CNC(=O)[C@@H](N)Cc1ccc(O)cc1)C(=O)N[C@@H](Cc1ccccc1)C(=O)O. The van der Waals surface area contributed by atoms with E-state index < -0.39 is 165 Å². The van der Waals surface area contributed by atoms with Gasteiger partial charge in [-0.2, -0.15) is 0 Å². The van der Waals surface area contributed by atoms with Crippen molar-refractivity contribution in [2.45, 2.75) is 115 Å². The lowest BCUT2D eigenvalue weighted by atomic mass is 9.96. The number of benzene rings is 2. The van der Waals surface area contributed by atoms with E-state index >= 15 is 0 Å². The Morgan fingerprint density at radius 3 is 1.63 bits per heavy atom. The van der Waals surface area contributed by atoms with Crippen LogP contribution < -0.4 is 65.1 Å². The number of hydrogen-bond donors (Lipinski definition) is 15. The molecule has 8 atom stereocenters. The molecule has 0 bridgehead atoms. The van der Waals surface area contributed by atoms with Gasteiger partial charge in [-0.1, -0.05) is 76.6 Å². The maximum Gasteiger partial charge on any atom is 0.326 e. The molecule has 0 aromatic heterocycles. The number of carbonyl (C=O) groups is 12. The lowest BCUT2D eigenvalue weighted by Crippen LogP contribution is -2.60. The van der Waals surface area contributed by atoms with Crippen molar-refractivity contribution in [2.75, 3.05) is 26.2 Å². The van der Waals surface area contributed by atoms with Gasteiger partial charge in [-0.25, -0.2) is 4.79 Å². The highest BCUT2D eigenvalue weighted by atomic mass is 16.4. The molecule has 0 radical (unpaired) electrons. The van der Waals surface area contributed by atoms with Crippen molar-refractivity contribution >= 4 is 70.9 Å². The molecule has 412 valence electrons. The first kappa shape index (κ1) is 62.9. The summed E-state index contributed by atoms with van der Waals surface area (Å²) >= 11 is 0. The van der Waals surface area contributed by atoms with Crippen LogP contribution in [0.15, 0.2) is 54.6 Å². The van der Waals surface area contributed by atoms with Gasteiger partial charge in [-0.05, 0) is 54.4 Å². The highest BCUT2D eigenvalue weighted by Crippen LogP contribution is 2.14. The van der Waals surface area contributed by atoms with E-state index in [-0.39, 0.29) is 30.9 Å². The van der Waals surface area contributed by atoms with Crippen LogP contribution in [-0.4, -0.2) is 155 Å². The van der Waals surface area contributed by atoms with Crippen LogP contribution in [0.3, 0.4) is 0 Å². The minimum Gasteiger partial charge on any atom is -0.508 e. The summed E-state index contributed by atoms with van der Waals surface area (Å²) < 4.78 is 0. The number of phenols is 1. The third-order valence-corrected chi connectivity index (χ3v) is 11.3. The average molecular weight is 1060 g/mol. The van der Waals surface area contributed by atoms with Crippen LogP contribution in [0.25, 0.3) is 0 Å². The molecule has 75 heavy (non-hydrogen) atoms. The number of nitrogens with one attached hydrogen (secondary N) is 9. The van der Waals surface area contributed by atoms with Gasteiger partial charge in [0, 0.05) is 12.8 Å². The van der Waals surface area contributed by atoms with E-state index in [2.05, 4.69) is 47.9 Å². The molecule has 27 heteroatoms. The number of aliphatic carboxylic acids is 1. The van der Waals surface area contributed by atoms with Crippen molar-refractivity contribution < 1.29 is 72.9 Å². The normalized spacial score (nSPS) is 14.1. The number of carboxylic acids is 1. The maximum atomic E-state index is 13.8. The van der Waals surface area contributed by atoms with E-state index in [9.17, 15) is 72.9 Å². The molecule has 0 saturated heterocycles. The molecule has 2 aromatic rings. The zero-order chi connectivity index (χ0) is 56.4. The molecular formula is C48H70N12O15. The third-order valence-electron chi connectivity index (χ3n) is 11.3. The standard InChI is InChI=1S/C48H70N12O15/c1-5-26(4)41(47(73)59-34(48(74)75)19-27-9-7-6-8-10-27)60-45(71)32(17-25(2)3)58-44(70)33(20-37(51)64)55-40(67)23-54-43(69)31(15-16-36(50)63)57-46(72)35(24-61)56-39(66)22-52-38(65)21-53-42(68)30(49)18-28-11-13-29(62)14-12-28/h6-14,25-26,30-35,41,61-62H,5,15-24,49H2,1-4H3,(H2,50,63)(H2,51,64)(H,52,65)(H,53,68)(H,54,69)(H,55,67)(H,56,66)(H,57,72)(H,58,70)(H,59,73)(H,60,71)(H,74,75)/t26-,30-,31-,32-,33-,34-,35-,41-/m0/s1. The van der Waals surface area contributed by atoms with Crippen molar-refractivity contribution in [2.24, 2.45) is 29.0 Å². The zero-order valence-electron chi connectivity index (χ0n) is 42.1. The molecule has 0 aliphatic rings. The Morgan fingerprint density at radius 1 is 0.547 bits per heavy atom. The number of hydrogen-bond acceptors (Lipinski definition) is 15. The Kier molecular flexibility index (Phi) is 26.9. The number of aromatic hydroxyl groups is 1. The molecule has 18 N–H and O–H groups in total. The van der Waals surface area contributed by atoms with Crippen LogP contribution in [0.1, 0.15) is 70.9 Å². The van der Waals surface area contributed by atoms with E-state index in [1.54, 1.807) is 70.2 Å². The number of amides is 11. The second-order valence-electron chi connectivity index (χ2n) is 18.0. The highest BCUT2D eigenvalue weighted by Gasteiger charge is 2.35. The number of carboxylic acid groups (broad SMARTS) is 1. The van der Waals surface area contributed by atoms with Crippen LogP contribution in [-0.2, 0) is 70.4 Å². The lowest BCUT2D eigenvalue weighted by molar-refractivity contribution is -0.142. The van der Waals surface area contributed by atoms with Gasteiger partial charge in [-0.3, -0.25) is 52.7 Å². The number of rotatable bonds is 33. The summed E-state index contributed by atoms with van der Waals surface area (Å²) in [6, 6.07) is 4.43. The lowest BCUT2D eigenvalue weighted by Gasteiger charge is -2.29. The summed E-state index contributed by atoms with van der Waals surface area (Å²) in [5.74, 6) is -12.5. The first-order valence-corrected chi connectivity index (χ1v) is 23.9. The first-order chi connectivity index (χ1) is 35.3. The van der Waals surface area contributed by atoms with Gasteiger partial charge in [0.05, 0.1) is 38.7 Å². The topological polar surface area (TPSA) is 452 Å². The molecular weight excluding hydrogens is 985 g/mol. The highest BCUT2D eigenvalue weighted by molar-refractivity contribution is 5.98. The minimum absolute atomic E-state index is 0.0106. The molecule has 2 rings (SSSR count). The predicted molar refractivity (Wildman–Crippen MR) is 266 cm³/mol. The zero-order valence-corrected chi connectivity index (χ0v) is 42.1. The number of phenolic OH excluding ortho intramolecular Hbond substituents is 1. The Labute approximate surface area is 432 Å². The van der Waals surface area contributed by atoms with Crippen molar-refractivity contribution in [3.63, 3.8) is 0 Å². The molecule has 0 aliphatic carbocycles. The van der Waals surface area contributed by atoms with Crippen LogP contribution >= 0.6 is 0 Å². The largest absolute Gasteiger partial charge is 0.508 e. The Balaban J connectivity index is 2.07. The van der Waals surface area contributed by atoms with Crippen molar-refractivity contribution in [3.05, 3.63) is 65.7 Å². The molecule has 0 fully saturated rings. The van der Waals surface area contributed by atoms with Gasteiger partial charge in [0.2, 0.25) is 65.0 Å². The fourth-order valence-electron chi connectivity index (χ4n) is 6.97. The predicted octanol–water partition coefficient (Wildman–Crippen LogP) is -4.93. The number of nitrogens with two attached hydrogens (primary N) is 3. The number of carbonyl (C=O) groups excluding carboxylic acids is 11. The second kappa shape index (κ2) is 32.1. The summed E-state index contributed by atoms with van der Waals surface area (Å²) in [4.78, 5) is 154. The third kappa shape index (κ3) is 23.9. The van der Waals surface area contributed by atoms with Gasteiger partial charge in [-0.15, -0.1) is 0 Å². The van der Waals surface area contributed by atoms with Crippen LogP contribution in [0.2, 0.25) is 0 Å². The van der Waals surface area contributed by atoms with Crippen molar-refractivity contribution in [1.82, 2.24) is 47.9 Å². The summed E-state index contributed by atoms with van der Waals surface area (Å²) in [7, 11) is 0. The number of aliphatic hydroxyl groups excluding tert-OH is 1. The van der Waals surface area contributed by atoms with E-state index in [1.807, 2.05) is 0 Å². The molecule has 0 saturated carbocycles. The fourth-order valence-corrected chi connectivity index (χ4v) is 6.97. The van der Waals surface area contributed by atoms with Crippen LogP contribution in [0.5, 0.6) is 5.75 Å². The van der Waals surface area contributed by atoms with Gasteiger partial charge >= 0.3 is 5.97 Å². The maximum absolute atomic E-state index is 13.8. The van der Waals surface area contributed by atoms with E-state index in [0.29, 0.717) is 17.5 Å². The van der Waals surface area contributed by atoms with Crippen LogP contribution in [0, 0.1) is 11.8 Å². The average Bonchev–Trinajstić information content (AvgIpc) is 3.35.